The molecule has 0 aromatic rings. The number of rotatable bonds is 0. The van der Waals surface area contributed by atoms with Crippen molar-refractivity contribution in [2.45, 2.75) is 70.0 Å². The van der Waals surface area contributed by atoms with Crippen LogP contribution in [-0.4, -0.2) is 24.2 Å². The predicted octanol–water partition coefficient (Wildman–Crippen LogP) is 2.05. The highest BCUT2D eigenvalue weighted by molar-refractivity contribution is 4.94. The Balaban J connectivity index is 2.04. The molecule has 0 bridgehead atoms. The van der Waals surface area contributed by atoms with Gasteiger partial charge in [-0.3, -0.25) is 0 Å². The SMILES string of the molecule is CC1(C)CCN[C@@H]2CCCCC[C@H]2N1. The predicted molar refractivity (Wildman–Crippen MR) is 60.5 cm³/mol. The molecule has 82 valence electrons. The molecule has 1 saturated heterocycles. The molecule has 0 radical (unpaired) electrons. The minimum Gasteiger partial charge on any atom is -0.312 e. The average Bonchev–Trinajstić information content (AvgIpc) is 2.36. The van der Waals surface area contributed by atoms with E-state index in [4.69, 9.17) is 0 Å². The van der Waals surface area contributed by atoms with Gasteiger partial charge < -0.3 is 10.6 Å². The highest BCUT2D eigenvalue weighted by Crippen LogP contribution is 2.23. The lowest BCUT2D eigenvalue weighted by molar-refractivity contribution is 0.307. The lowest BCUT2D eigenvalue weighted by Crippen LogP contribution is -2.50. The Bertz CT molecular complexity index is 189. The van der Waals surface area contributed by atoms with Crippen LogP contribution in [-0.2, 0) is 0 Å². The Morgan fingerprint density at radius 3 is 2.50 bits per heavy atom. The number of hydrogen-bond donors (Lipinski definition) is 2. The summed E-state index contributed by atoms with van der Waals surface area (Å²) in [7, 11) is 0. The Hall–Kier alpha value is -0.0800. The highest BCUT2D eigenvalue weighted by atomic mass is 15.1. The molecule has 14 heavy (non-hydrogen) atoms. The molecule has 2 nitrogen and oxygen atoms in total. The maximum absolute atomic E-state index is 3.83. The highest BCUT2D eigenvalue weighted by Gasteiger charge is 2.31. The lowest BCUT2D eigenvalue weighted by atomic mass is 9.98. The zero-order valence-corrected chi connectivity index (χ0v) is 9.60. The molecule has 1 saturated carbocycles. The fraction of sp³-hybridized carbons (Fsp3) is 1.00. The smallest absolute Gasteiger partial charge is 0.0226 e. The monoisotopic (exact) mass is 196 g/mol. The second kappa shape index (κ2) is 4.19. The van der Waals surface area contributed by atoms with E-state index in [1.54, 1.807) is 0 Å². The summed E-state index contributed by atoms with van der Waals surface area (Å²) in [6, 6.07) is 1.45. The van der Waals surface area contributed by atoms with E-state index in [-0.39, 0.29) is 0 Å². The molecule has 2 N–H and O–H groups in total. The van der Waals surface area contributed by atoms with Crippen molar-refractivity contribution >= 4 is 0 Å². The molecule has 2 rings (SSSR count). The third-order valence-corrected chi connectivity index (χ3v) is 3.75. The van der Waals surface area contributed by atoms with Crippen LogP contribution in [0, 0.1) is 0 Å². The Morgan fingerprint density at radius 2 is 1.71 bits per heavy atom. The number of hydrogen-bond acceptors (Lipinski definition) is 2. The van der Waals surface area contributed by atoms with Crippen LogP contribution in [0.1, 0.15) is 52.4 Å². The van der Waals surface area contributed by atoms with Crippen LogP contribution < -0.4 is 10.6 Å². The largest absolute Gasteiger partial charge is 0.312 e. The maximum Gasteiger partial charge on any atom is 0.0226 e. The van der Waals surface area contributed by atoms with Gasteiger partial charge in [0.1, 0.15) is 0 Å². The average molecular weight is 196 g/mol. The molecule has 0 spiro atoms. The summed E-state index contributed by atoms with van der Waals surface area (Å²) in [5.41, 5.74) is 0.330. The molecule has 2 aliphatic rings. The molecule has 1 heterocycles. The Labute approximate surface area is 87.8 Å². The molecule has 2 heteroatoms. The first-order chi connectivity index (χ1) is 6.67. The standard InChI is InChI=1S/C12H24N2/c1-12(2)8-9-13-10-6-4-3-5-7-11(10)14-12/h10-11,13-14H,3-9H2,1-2H3/t10-,11-/m1/s1. The van der Waals surface area contributed by atoms with Gasteiger partial charge in [0, 0.05) is 17.6 Å². The maximum atomic E-state index is 3.83. The molecule has 0 aromatic carbocycles. The van der Waals surface area contributed by atoms with E-state index in [0.717, 1.165) is 12.1 Å². The van der Waals surface area contributed by atoms with Crippen molar-refractivity contribution in [1.82, 2.24) is 10.6 Å². The van der Waals surface area contributed by atoms with Gasteiger partial charge in [0.05, 0.1) is 0 Å². The van der Waals surface area contributed by atoms with Gasteiger partial charge in [-0.1, -0.05) is 19.3 Å². The van der Waals surface area contributed by atoms with Crippen molar-refractivity contribution < 1.29 is 0 Å². The van der Waals surface area contributed by atoms with Gasteiger partial charge in [0.15, 0.2) is 0 Å². The molecule has 1 aliphatic heterocycles. The third kappa shape index (κ3) is 2.48. The molecule has 2 atom stereocenters. The molecule has 1 aliphatic carbocycles. The Morgan fingerprint density at radius 1 is 1.00 bits per heavy atom. The quantitative estimate of drug-likeness (QED) is 0.619. The van der Waals surface area contributed by atoms with Crippen LogP contribution in [0.5, 0.6) is 0 Å². The van der Waals surface area contributed by atoms with Gasteiger partial charge in [0.2, 0.25) is 0 Å². The van der Waals surface area contributed by atoms with E-state index in [0.29, 0.717) is 5.54 Å². The summed E-state index contributed by atoms with van der Waals surface area (Å²) >= 11 is 0. The topological polar surface area (TPSA) is 24.1 Å². The summed E-state index contributed by atoms with van der Waals surface area (Å²) in [6.45, 7) is 5.85. The van der Waals surface area contributed by atoms with E-state index in [1.165, 1.54) is 45.1 Å². The van der Waals surface area contributed by atoms with Crippen molar-refractivity contribution in [3.05, 3.63) is 0 Å². The van der Waals surface area contributed by atoms with Crippen LogP contribution in [0.4, 0.5) is 0 Å². The molecule has 0 aromatic heterocycles. The van der Waals surface area contributed by atoms with E-state index in [9.17, 15) is 0 Å². The number of fused-ring (bicyclic) bond motifs is 1. The normalized spacial score (nSPS) is 38.1. The first kappa shape index (κ1) is 10.4. The van der Waals surface area contributed by atoms with Crippen LogP contribution >= 0.6 is 0 Å². The van der Waals surface area contributed by atoms with Gasteiger partial charge >= 0.3 is 0 Å². The van der Waals surface area contributed by atoms with Gasteiger partial charge in [-0.2, -0.15) is 0 Å². The van der Waals surface area contributed by atoms with E-state index in [1.807, 2.05) is 0 Å². The Kier molecular flexibility index (Phi) is 3.13. The summed E-state index contributed by atoms with van der Waals surface area (Å²) in [5.74, 6) is 0. The van der Waals surface area contributed by atoms with Crippen LogP contribution in [0.15, 0.2) is 0 Å². The first-order valence-corrected chi connectivity index (χ1v) is 6.18. The van der Waals surface area contributed by atoms with Crippen molar-refractivity contribution in [2.24, 2.45) is 0 Å². The molecule has 0 unspecified atom stereocenters. The summed E-state index contributed by atoms with van der Waals surface area (Å²) in [4.78, 5) is 0. The molecule has 0 amide bonds. The van der Waals surface area contributed by atoms with Gasteiger partial charge in [-0.05, 0) is 39.7 Å². The van der Waals surface area contributed by atoms with Crippen LogP contribution in [0.2, 0.25) is 0 Å². The molecular formula is C12H24N2. The second-order valence-electron chi connectivity index (χ2n) is 5.58. The van der Waals surface area contributed by atoms with E-state index >= 15 is 0 Å². The minimum atomic E-state index is 0.330. The van der Waals surface area contributed by atoms with Crippen molar-refractivity contribution in [2.75, 3.05) is 6.54 Å². The van der Waals surface area contributed by atoms with Crippen molar-refractivity contribution in [1.29, 1.82) is 0 Å². The summed E-state index contributed by atoms with van der Waals surface area (Å²) < 4.78 is 0. The summed E-state index contributed by atoms with van der Waals surface area (Å²) in [5, 5.41) is 7.55. The van der Waals surface area contributed by atoms with Crippen LogP contribution in [0.25, 0.3) is 0 Å². The minimum absolute atomic E-state index is 0.330. The molecular weight excluding hydrogens is 172 g/mol. The molecule has 2 fully saturated rings. The zero-order valence-electron chi connectivity index (χ0n) is 9.60. The van der Waals surface area contributed by atoms with Gasteiger partial charge in [-0.15, -0.1) is 0 Å². The number of nitrogens with one attached hydrogen (secondary N) is 2. The summed E-state index contributed by atoms with van der Waals surface area (Å²) in [6.07, 6.45) is 8.23. The fourth-order valence-corrected chi connectivity index (χ4v) is 2.87. The fourth-order valence-electron chi connectivity index (χ4n) is 2.87. The van der Waals surface area contributed by atoms with Gasteiger partial charge in [-0.25, -0.2) is 0 Å². The van der Waals surface area contributed by atoms with E-state index in [2.05, 4.69) is 24.5 Å². The van der Waals surface area contributed by atoms with Crippen molar-refractivity contribution in [3.63, 3.8) is 0 Å². The lowest BCUT2D eigenvalue weighted by Gasteiger charge is -2.31. The second-order valence-corrected chi connectivity index (χ2v) is 5.58. The van der Waals surface area contributed by atoms with Crippen molar-refractivity contribution in [3.8, 4) is 0 Å². The van der Waals surface area contributed by atoms with Gasteiger partial charge in [0.25, 0.3) is 0 Å². The first-order valence-electron chi connectivity index (χ1n) is 6.18. The third-order valence-electron chi connectivity index (χ3n) is 3.75. The zero-order chi connectivity index (χ0) is 10.0. The van der Waals surface area contributed by atoms with E-state index < -0.39 is 0 Å². The van der Waals surface area contributed by atoms with Crippen LogP contribution in [0.3, 0.4) is 0 Å².